The zero-order valence-electron chi connectivity index (χ0n) is 41.0. The topological polar surface area (TPSA) is 149 Å². The van der Waals surface area contributed by atoms with Gasteiger partial charge in [0.2, 0.25) is 5.79 Å². The number of nitrogens with zero attached hydrogens (tertiary/aromatic N) is 2. The highest BCUT2D eigenvalue weighted by Gasteiger charge is 2.65. The first-order chi connectivity index (χ1) is 33.4. The Labute approximate surface area is 405 Å². The summed E-state index contributed by atoms with van der Waals surface area (Å²) in [5.74, 6) is 0.0140. The quantitative estimate of drug-likeness (QED) is 0.0314. The van der Waals surface area contributed by atoms with Crippen LogP contribution >= 0.6 is 0 Å². The molecule has 3 aromatic carbocycles. The van der Waals surface area contributed by atoms with Crippen molar-refractivity contribution in [3.05, 3.63) is 90.5 Å². The minimum Gasteiger partial charge on any atom is -0.459 e. The average molecular weight is 941 g/mol. The van der Waals surface area contributed by atoms with Crippen LogP contribution in [0.25, 0.3) is 10.8 Å². The molecule has 0 saturated heterocycles. The molecular weight excluding hydrogens is 861 g/mol. The van der Waals surface area contributed by atoms with Gasteiger partial charge in [-0.05, 0) is 97.5 Å². The van der Waals surface area contributed by atoms with E-state index in [1.165, 1.54) is 44.9 Å². The lowest BCUT2D eigenvalue weighted by molar-refractivity contribution is -0.256. The summed E-state index contributed by atoms with van der Waals surface area (Å²) in [6.07, 6.45) is 20.1. The summed E-state index contributed by atoms with van der Waals surface area (Å²) >= 11 is 0. The predicted octanol–water partition coefficient (Wildman–Crippen LogP) is 11.7. The monoisotopic (exact) mass is 941 g/mol. The fourth-order valence-corrected chi connectivity index (χ4v) is 10.8. The Morgan fingerprint density at radius 1 is 0.809 bits per heavy atom. The number of carbonyl (C=O) groups is 1. The number of aliphatic hydroxyl groups is 3. The van der Waals surface area contributed by atoms with E-state index in [-0.39, 0.29) is 77.0 Å². The highest BCUT2D eigenvalue weighted by atomic mass is 16.7. The van der Waals surface area contributed by atoms with E-state index in [2.05, 4.69) is 43.8 Å². The molecule has 12 nitrogen and oxygen atoms in total. The van der Waals surface area contributed by atoms with E-state index in [1.54, 1.807) is 11.0 Å². The Hall–Kier alpha value is -4.46. The largest absolute Gasteiger partial charge is 0.459 e. The predicted molar refractivity (Wildman–Crippen MR) is 268 cm³/mol. The Morgan fingerprint density at radius 3 is 2.24 bits per heavy atom. The number of rotatable bonds is 32. The Bertz CT molecular complexity index is 2060. The van der Waals surface area contributed by atoms with Crippen LogP contribution in [0.5, 0.6) is 17.2 Å². The van der Waals surface area contributed by atoms with Gasteiger partial charge in [-0.3, -0.25) is 4.90 Å². The Balaban J connectivity index is 1.42. The van der Waals surface area contributed by atoms with Gasteiger partial charge >= 0.3 is 6.09 Å². The molecule has 12 heteroatoms. The van der Waals surface area contributed by atoms with E-state index in [1.807, 2.05) is 43.3 Å². The van der Waals surface area contributed by atoms with Crippen molar-refractivity contribution in [2.24, 2.45) is 22.9 Å². The summed E-state index contributed by atoms with van der Waals surface area (Å²) in [5.41, 5.74) is 2.64. The van der Waals surface area contributed by atoms with E-state index in [4.69, 9.17) is 33.7 Å². The van der Waals surface area contributed by atoms with Crippen LogP contribution in [0.1, 0.15) is 134 Å². The van der Waals surface area contributed by atoms with Gasteiger partial charge in [0, 0.05) is 37.7 Å². The number of carbonyl (C=O) groups excluding carboxylic acids is 1. The molecule has 1 saturated carbocycles. The van der Waals surface area contributed by atoms with Crippen molar-refractivity contribution in [1.29, 1.82) is 0 Å². The molecule has 0 radical (unpaired) electrons. The number of oxime groups is 1. The molecule has 3 N–H and O–H groups in total. The molecular formula is C56H80N2O10. The lowest BCUT2D eigenvalue weighted by atomic mass is 9.55. The van der Waals surface area contributed by atoms with Crippen LogP contribution in [0.2, 0.25) is 0 Å². The molecule has 3 aromatic rings. The lowest BCUT2D eigenvalue weighted by Gasteiger charge is -2.59. The zero-order valence-corrected chi connectivity index (χ0v) is 41.0. The average Bonchev–Trinajstić information content (AvgIpc) is 3.35. The molecule has 2 aliphatic carbocycles. The summed E-state index contributed by atoms with van der Waals surface area (Å²) in [5, 5.41) is 36.6. The normalized spacial score (nSPS) is 22.2. The Morgan fingerprint density at radius 2 is 1.51 bits per heavy atom. The summed E-state index contributed by atoms with van der Waals surface area (Å²) < 4.78 is 33.2. The third-order valence-corrected chi connectivity index (χ3v) is 14.0. The van der Waals surface area contributed by atoms with Gasteiger partial charge in [0.05, 0.1) is 44.7 Å². The first kappa shape index (κ1) is 52.9. The van der Waals surface area contributed by atoms with Gasteiger partial charge in [0.15, 0.2) is 0 Å². The molecule has 1 heterocycles. The molecule has 0 spiro atoms. The number of amides is 1. The highest BCUT2D eigenvalue weighted by Crippen LogP contribution is 2.62. The third kappa shape index (κ3) is 13.9. The molecule has 6 unspecified atom stereocenters. The van der Waals surface area contributed by atoms with Crippen LogP contribution < -0.4 is 9.47 Å². The molecule has 0 aromatic heterocycles. The van der Waals surface area contributed by atoms with Crippen molar-refractivity contribution in [2.45, 2.75) is 141 Å². The first-order valence-electron chi connectivity index (χ1n) is 25.9. The van der Waals surface area contributed by atoms with E-state index in [0.29, 0.717) is 42.4 Å². The van der Waals surface area contributed by atoms with E-state index < -0.39 is 23.8 Å². The maximum absolute atomic E-state index is 14.7. The van der Waals surface area contributed by atoms with Gasteiger partial charge in [-0.15, -0.1) is 6.58 Å². The minimum atomic E-state index is -1.44. The molecule has 0 bridgehead atoms. The smallest absolute Gasteiger partial charge is 0.410 e. The summed E-state index contributed by atoms with van der Waals surface area (Å²) in [6, 6.07) is 19.5. The molecule has 6 atom stereocenters. The van der Waals surface area contributed by atoms with Crippen molar-refractivity contribution in [3.8, 4) is 17.2 Å². The molecule has 68 heavy (non-hydrogen) atoms. The molecule has 1 amide bonds. The van der Waals surface area contributed by atoms with E-state index in [0.717, 1.165) is 66.9 Å². The van der Waals surface area contributed by atoms with Crippen molar-refractivity contribution < 1.29 is 48.6 Å². The van der Waals surface area contributed by atoms with Crippen LogP contribution in [0.4, 0.5) is 4.79 Å². The lowest BCUT2D eigenvalue weighted by Crippen LogP contribution is -2.70. The molecule has 3 aliphatic rings. The number of hydrogen-bond donors (Lipinski definition) is 3. The van der Waals surface area contributed by atoms with Gasteiger partial charge in [-0.2, -0.15) is 0 Å². The highest BCUT2D eigenvalue weighted by molar-refractivity contribution is 6.03. The SMILES string of the molecule is C=CCOC12Oc3ccc(Oc4ccc5ccccc5c4)cc3C3C(CCCCO)C(CCCCO)C=C(C(=NOCC)CC1N(CCOCCO)C(=O)OCCCCCCCCCCCC)C32. The van der Waals surface area contributed by atoms with Gasteiger partial charge in [-0.25, -0.2) is 4.79 Å². The van der Waals surface area contributed by atoms with Gasteiger partial charge in [0.1, 0.15) is 29.9 Å². The van der Waals surface area contributed by atoms with Crippen molar-refractivity contribution in [2.75, 3.05) is 59.4 Å². The number of allylic oxidation sites excluding steroid dienone is 1. The van der Waals surface area contributed by atoms with E-state index in [9.17, 15) is 20.1 Å². The minimum absolute atomic E-state index is 0.0518. The number of benzene rings is 3. The fraction of sp³-hybridized carbons (Fsp3) is 0.607. The second kappa shape index (κ2) is 28.3. The fourth-order valence-electron chi connectivity index (χ4n) is 10.8. The summed E-state index contributed by atoms with van der Waals surface area (Å²) in [4.78, 5) is 22.3. The van der Waals surface area contributed by atoms with Crippen LogP contribution in [0.15, 0.2) is 90.1 Å². The third-order valence-electron chi connectivity index (χ3n) is 14.0. The molecule has 1 aliphatic heterocycles. The number of fused-ring (bicyclic) bond motifs is 3. The number of hydrogen-bond acceptors (Lipinski definition) is 11. The second-order valence-corrected chi connectivity index (χ2v) is 18.6. The van der Waals surface area contributed by atoms with Crippen molar-refractivity contribution in [1.82, 2.24) is 4.90 Å². The van der Waals surface area contributed by atoms with E-state index >= 15 is 0 Å². The van der Waals surface area contributed by atoms with Crippen molar-refractivity contribution >= 4 is 22.6 Å². The van der Waals surface area contributed by atoms with Crippen LogP contribution in [0, 0.1) is 17.8 Å². The Kier molecular flexibility index (Phi) is 22.0. The number of aliphatic hydroxyl groups excluding tert-OH is 3. The standard InChI is InChI=1S/C56H80N2O10/c1-4-7-8-9-10-11-12-13-14-21-35-64-55(62)58(30-36-63-37-33-61)52-41-50(57-66-6-3)48-39-44(24-17-19-31-59)47(25-18-20-32-60)53-49-40-46(67-45-27-26-42-22-15-16-23-43(42)38-45)28-29-51(49)68-56(52,54(48)53)65-34-5-2/h5,15-16,22-23,26-29,38-40,44,47,52-54,59-61H,2,4,6-14,17-21,24-25,30-37,41H2,1,3H3. The zero-order chi connectivity index (χ0) is 48.0. The van der Waals surface area contributed by atoms with Gasteiger partial charge in [0.25, 0.3) is 0 Å². The molecule has 6 rings (SSSR count). The maximum atomic E-state index is 14.7. The van der Waals surface area contributed by atoms with Crippen molar-refractivity contribution in [3.63, 3.8) is 0 Å². The van der Waals surface area contributed by atoms with Gasteiger partial charge < -0.3 is 43.8 Å². The summed E-state index contributed by atoms with van der Waals surface area (Å²) in [7, 11) is 0. The summed E-state index contributed by atoms with van der Waals surface area (Å²) in [6.45, 7) is 9.46. The van der Waals surface area contributed by atoms with Crippen LogP contribution in [-0.4, -0.2) is 103 Å². The molecule has 1 fully saturated rings. The number of unbranched alkanes of at least 4 members (excludes halogenated alkanes) is 11. The maximum Gasteiger partial charge on any atom is 0.410 e. The number of ether oxygens (including phenoxy) is 5. The molecule has 374 valence electrons. The van der Waals surface area contributed by atoms with Gasteiger partial charge in [-0.1, -0.05) is 125 Å². The first-order valence-corrected chi connectivity index (χ1v) is 25.9. The van der Waals surface area contributed by atoms with Crippen LogP contribution in [0.3, 0.4) is 0 Å². The second-order valence-electron chi connectivity index (χ2n) is 18.6. The van der Waals surface area contributed by atoms with Crippen LogP contribution in [-0.2, 0) is 19.0 Å².